The number of rotatable bonds is 11. The first-order valence-electron chi connectivity index (χ1n) is 9.96. The Bertz CT molecular complexity index is 741. The molecule has 0 bridgehead atoms. The van der Waals surface area contributed by atoms with Crippen LogP contribution in [0, 0.1) is 0 Å². The van der Waals surface area contributed by atoms with Gasteiger partial charge in [-0.15, -0.1) is 0 Å². The first-order chi connectivity index (χ1) is 14.5. The maximum absolute atomic E-state index is 11.4. The van der Waals surface area contributed by atoms with E-state index in [0.717, 1.165) is 0 Å². The largest absolute Gasteiger partial charge is 0.462 e. The van der Waals surface area contributed by atoms with Gasteiger partial charge in [0.2, 0.25) is 0 Å². The van der Waals surface area contributed by atoms with Gasteiger partial charge in [-0.2, -0.15) is 0 Å². The highest BCUT2D eigenvalue weighted by Gasteiger charge is 2.28. The van der Waals surface area contributed by atoms with E-state index in [0.29, 0.717) is 24.2 Å². The summed E-state index contributed by atoms with van der Waals surface area (Å²) in [5.74, 6) is -1.42. The third kappa shape index (κ3) is 10.2. The van der Waals surface area contributed by atoms with Crippen molar-refractivity contribution < 1.29 is 42.9 Å². The molecule has 3 atom stereocenters. The molecule has 1 aliphatic rings. The van der Waals surface area contributed by atoms with Crippen LogP contribution in [-0.4, -0.2) is 55.3 Å². The van der Waals surface area contributed by atoms with Crippen LogP contribution in [0.5, 0.6) is 0 Å². The van der Waals surface area contributed by atoms with E-state index in [1.54, 1.807) is 6.92 Å². The molecule has 0 aromatic rings. The van der Waals surface area contributed by atoms with Gasteiger partial charge in [0.15, 0.2) is 0 Å². The van der Waals surface area contributed by atoms with E-state index in [9.17, 15) is 19.2 Å². The number of hydrogen-bond acceptors (Lipinski definition) is 10. The Kier molecular flexibility index (Phi) is 10.9. The Hall–Kier alpha value is -2.72. The second-order valence-electron chi connectivity index (χ2n) is 7.14. The van der Waals surface area contributed by atoms with Gasteiger partial charge in [-0.3, -0.25) is 19.2 Å². The highest BCUT2D eigenvalue weighted by Crippen LogP contribution is 2.29. The average molecular weight is 441 g/mol. The molecule has 1 rings (SSSR count). The van der Waals surface area contributed by atoms with E-state index >= 15 is 0 Å². The first-order valence-corrected chi connectivity index (χ1v) is 9.96. The summed E-state index contributed by atoms with van der Waals surface area (Å²) in [5.41, 5.74) is 6.51. The molecule has 10 heteroatoms. The van der Waals surface area contributed by atoms with E-state index in [1.807, 2.05) is 0 Å². The normalized spacial score (nSPS) is 17.9. The zero-order valence-corrected chi connectivity index (χ0v) is 18.6. The van der Waals surface area contributed by atoms with Crippen LogP contribution in [0.25, 0.3) is 0 Å². The van der Waals surface area contributed by atoms with Crippen molar-refractivity contribution in [2.24, 2.45) is 5.73 Å². The second-order valence-corrected chi connectivity index (χ2v) is 7.14. The molecule has 0 aromatic heterocycles. The standard InChI is InChI=1S/C21H31NO9/c1-12-20(30-16(5)26)8-19(29-15(4)25)9-21(12)31-17(10-22)6-7-18(28-14(3)24)11-27-13(2)23/h8,17-18,21H,6-7,9-11,22H2,1-5H3. The van der Waals surface area contributed by atoms with Gasteiger partial charge in [-0.25, -0.2) is 0 Å². The Morgan fingerprint density at radius 3 is 2.10 bits per heavy atom. The molecule has 2 N–H and O–H groups in total. The highest BCUT2D eigenvalue weighted by molar-refractivity contribution is 5.69. The van der Waals surface area contributed by atoms with Gasteiger partial charge in [-0.1, -0.05) is 0 Å². The molecule has 10 nitrogen and oxygen atoms in total. The first kappa shape index (κ1) is 26.3. The van der Waals surface area contributed by atoms with Crippen LogP contribution in [0.3, 0.4) is 0 Å². The topological polar surface area (TPSA) is 140 Å². The third-order valence-electron chi connectivity index (χ3n) is 4.31. The molecule has 3 unspecified atom stereocenters. The molecular weight excluding hydrogens is 410 g/mol. The smallest absolute Gasteiger partial charge is 0.308 e. The summed E-state index contributed by atoms with van der Waals surface area (Å²) in [5, 5.41) is 0. The van der Waals surface area contributed by atoms with Crippen molar-refractivity contribution in [3.05, 3.63) is 23.2 Å². The lowest BCUT2D eigenvalue weighted by Crippen LogP contribution is -2.34. The van der Waals surface area contributed by atoms with Crippen molar-refractivity contribution in [1.82, 2.24) is 0 Å². The number of allylic oxidation sites excluding steroid dienone is 1. The van der Waals surface area contributed by atoms with Crippen LogP contribution in [0.4, 0.5) is 0 Å². The summed E-state index contributed by atoms with van der Waals surface area (Å²) in [7, 11) is 0. The lowest BCUT2D eigenvalue weighted by molar-refractivity contribution is -0.157. The Morgan fingerprint density at radius 2 is 1.58 bits per heavy atom. The Labute approximate surface area is 181 Å². The van der Waals surface area contributed by atoms with Crippen molar-refractivity contribution in [2.75, 3.05) is 13.2 Å². The molecule has 0 aromatic carbocycles. The molecule has 0 spiro atoms. The number of nitrogens with two attached hydrogens (primary N) is 1. The van der Waals surface area contributed by atoms with Gasteiger partial charge in [0, 0.05) is 46.7 Å². The minimum Gasteiger partial charge on any atom is -0.462 e. The molecule has 31 heavy (non-hydrogen) atoms. The summed E-state index contributed by atoms with van der Waals surface area (Å²) < 4.78 is 26.6. The van der Waals surface area contributed by atoms with Gasteiger partial charge in [0.1, 0.15) is 24.2 Å². The van der Waals surface area contributed by atoms with E-state index in [-0.39, 0.29) is 25.3 Å². The van der Waals surface area contributed by atoms with Crippen LogP contribution >= 0.6 is 0 Å². The monoisotopic (exact) mass is 441 g/mol. The third-order valence-corrected chi connectivity index (χ3v) is 4.31. The van der Waals surface area contributed by atoms with E-state index < -0.39 is 42.2 Å². The molecular formula is C21H31NO9. The van der Waals surface area contributed by atoms with Crippen LogP contribution in [0.1, 0.15) is 53.9 Å². The van der Waals surface area contributed by atoms with Crippen LogP contribution in [0.2, 0.25) is 0 Å². The quantitative estimate of drug-likeness (QED) is 0.372. The number of ether oxygens (including phenoxy) is 5. The maximum Gasteiger partial charge on any atom is 0.308 e. The molecule has 0 saturated carbocycles. The van der Waals surface area contributed by atoms with E-state index in [4.69, 9.17) is 29.4 Å². The van der Waals surface area contributed by atoms with Gasteiger partial charge in [0.05, 0.1) is 12.2 Å². The fourth-order valence-electron chi connectivity index (χ4n) is 2.95. The molecule has 0 amide bonds. The summed E-state index contributed by atoms with van der Waals surface area (Å²) in [6, 6.07) is 0. The number of esters is 4. The van der Waals surface area contributed by atoms with Crippen molar-refractivity contribution in [2.45, 2.75) is 72.2 Å². The predicted octanol–water partition coefficient (Wildman–Crippen LogP) is 1.66. The van der Waals surface area contributed by atoms with E-state index in [1.165, 1.54) is 33.8 Å². The molecule has 0 heterocycles. The number of hydrogen-bond donors (Lipinski definition) is 1. The SMILES string of the molecule is CC(=O)OCC(CCC(CN)OC1CC(OC(C)=O)=CC(OC(C)=O)=C1C)OC(C)=O. The Morgan fingerprint density at radius 1 is 0.968 bits per heavy atom. The zero-order chi connectivity index (χ0) is 23.6. The van der Waals surface area contributed by atoms with Crippen molar-refractivity contribution in [1.29, 1.82) is 0 Å². The summed E-state index contributed by atoms with van der Waals surface area (Å²) in [4.78, 5) is 45.1. The lowest BCUT2D eigenvalue weighted by Gasteiger charge is -2.29. The summed E-state index contributed by atoms with van der Waals surface area (Å²) >= 11 is 0. The molecule has 0 saturated heterocycles. The minimum atomic E-state index is -0.629. The lowest BCUT2D eigenvalue weighted by atomic mass is 9.99. The van der Waals surface area contributed by atoms with Gasteiger partial charge in [0.25, 0.3) is 0 Å². The minimum absolute atomic E-state index is 0.0650. The average Bonchev–Trinajstić information content (AvgIpc) is 2.64. The molecule has 0 fully saturated rings. The summed E-state index contributed by atoms with van der Waals surface area (Å²) in [6.07, 6.45) is 0.908. The van der Waals surface area contributed by atoms with Gasteiger partial charge >= 0.3 is 23.9 Å². The molecule has 1 aliphatic carbocycles. The number of carbonyl (C=O) groups is 4. The Balaban J connectivity index is 2.86. The maximum atomic E-state index is 11.4. The fraction of sp³-hybridized carbons (Fsp3) is 0.619. The number of carbonyl (C=O) groups excluding carboxylic acids is 4. The molecule has 174 valence electrons. The van der Waals surface area contributed by atoms with Crippen molar-refractivity contribution in [3.63, 3.8) is 0 Å². The van der Waals surface area contributed by atoms with Crippen LogP contribution in [-0.2, 0) is 42.9 Å². The fourth-order valence-corrected chi connectivity index (χ4v) is 2.95. The van der Waals surface area contributed by atoms with Crippen LogP contribution in [0.15, 0.2) is 23.2 Å². The van der Waals surface area contributed by atoms with E-state index in [2.05, 4.69) is 0 Å². The van der Waals surface area contributed by atoms with Gasteiger partial charge in [-0.05, 0) is 25.3 Å². The van der Waals surface area contributed by atoms with Crippen LogP contribution < -0.4 is 5.73 Å². The molecule has 0 radical (unpaired) electrons. The molecule has 0 aliphatic heterocycles. The second kappa shape index (κ2) is 12.9. The zero-order valence-electron chi connectivity index (χ0n) is 18.6. The van der Waals surface area contributed by atoms with Crippen molar-refractivity contribution in [3.8, 4) is 0 Å². The highest BCUT2D eigenvalue weighted by atomic mass is 16.6. The summed E-state index contributed by atoms with van der Waals surface area (Å²) in [6.45, 7) is 6.93. The van der Waals surface area contributed by atoms with Gasteiger partial charge < -0.3 is 29.4 Å². The van der Waals surface area contributed by atoms with Crippen molar-refractivity contribution >= 4 is 23.9 Å². The predicted molar refractivity (Wildman–Crippen MR) is 108 cm³/mol.